The monoisotopic (exact) mass is 269 g/mol. The number of halogens is 1. The predicted octanol–water partition coefficient (Wildman–Crippen LogP) is 4.94. The smallest absolute Gasteiger partial charge is 0.0715 e. The highest BCUT2D eigenvalue weighted by Crippen LogP contribution is 2.26. The third-order valence-corrected chi connectivity index (χ3v) is 3.34. The van der Waals surface area contributed by atoms with Gasteiger partial charge in [0.05, 0.1) is 11.2 Å². The van der Waals surface area contributed by atoms with E-state index in [-0.39, 0.29) is 12.4 Å². The molecule has 3 rings (SSSR count). The molecule has 0 aliphatic heterocycles. The Morgan fingerprint density at radius 3 is 2.26 bits per heavy atom. The summed E-state index contributed by atoms with van der Waals surface area (Å²) in [6.07, 6.45) is 0. The first kappa shape index (κ1) is 13.6. The van der Waals surface area contributed by atoms with Crippen molar-refractivity contribution in [3.8, 4) is 11.3 Å². The van der Waals surface area contributed by atoms with Crippen LogP contribution in [-0.4, -0.2) is 4.98 Å². The van der Waals surface area contributed by atoms with Crippen LogP contribution >= 0.6 is 12.4 Å². The maximum Gasteiger partial charge on any atom is 0.0715 e. The van der Waals surface area contributed by atoms with E-state index in [0.717, 1.165) is 11.2 Å². The molecule has 19 heavy (non-hydrogen) atoms. The number of rotatable bonds is 1. The SMILES string of the molecule is Cc1ccccc1-c1cc(C)c2ccccc2n1.Cl. The molecular weight excluding hydrogens is 254 g/mol. The Morgan fingerprint density at radius 2 is 1.47 bits per heavy atom. The minimum absolute atomic E-state index is 0. The predicted molar refractivity (Wildman–Crippen MR) is 83.9 cm³/mol. The number of aryl methyl sites for hydroxylation is 2. The van der Waals surface area contributed by atoms with E-state index in [1.165, 1.54) is 22.1 Å². The third kappa shape index (κ3) is 2.47. The summed E-state index contributed by atoms with van der Waals surface area (Å²) in [6, 6.07) is 18.9. The molecule has 2 aromatic carbocycles. The van der Waals surface area contributed by atoms with Crippen LogP contribution in [0.5, 0.6) is 0 Å². The van der Waals surface area contributed by atoms with Crippen LogP contribution in [0.2, 0.25) is 0 Å². The van der Waals surface area contributed by atoms with Gasteiger partial charge in [0, 0.05) is 10.9 Å². The lowest BCUT2D eigenvalue weighted by Crippen LogP contribution is -1.90. The van der Waals surface area contributed by atoms with Crippen molar-refractivity contribution in [3.05, 3.63) is 65.7 Å². The summed E-state index contributed by atoms with van der Waals surface area (Å²) in [5.41, 5.74) is 5.88. The molecule has 0 radical (unpaired) electrons. The molecule has 0 atom stereocenters. The summed E-state index contributed by atoms with van der Waals surface area (Å²) in [7, 11) is 0. The van der Waals surface area contributed by atoms with Crippen molar-refractivity contribution in [1.82, 2.24) is 4.98 Å². The van der Waals surface area contributed by atoms with Gasteiger partial charge in [0.25, 0.3) is 0 Å². The van der Waals surface area contributed by atoms with Crippen LogP contribution < -0.4 is 0 Å². The molecule has 0 bridgehead atoms. The third-order valence-electron chi connectivity index (χ3n) is 3.34. The van der Waals surface area contributed by atoms with Gasteiger partial charge in [-0.25, -0.2) is 4.98 Å². The van der Waals surface area contributed by atoms with Crippen LogP contribution in [0.3, 0.4) is 0 Å². The van der Waals surface area contributed by atoms with E-state index in [1.54, 1.807) is 0 Å². The van der Waals surface area contributed by atoms with E-state index >= 15 is 0 Å². The van der Waals surface area contributed by atoms with Crippen LogP contribution in [0.4, 0.5) is 0 Å². The first-order valence-corrected chi connectivity index (χ1v) is 6.18. The number of hydrogen-bond donors (Lipinski definition) is 0. The lowest BCUT2D eigenvalue weighted by atomic mass is 10.0. The second kappa shape index (κ2) is 5.41. The molecule has 1 heterocycles. The fraction of sp³-hybridized carbons (Fsp3) is 0.118. The largest absolute Gasteiger partial charge is 0.248 e. The second-order valence-corrected chi connectivity index (χ2v) is 4.66. The van der Waals surface area contributed by atoms with Gasteiger partial charge in [-0.1, -0.05) is 42.5 Å². The van der Waals surface area contributed by atoms with Crippen LogP contribution in [0.25, 0.3) is 22.2 Å². The summed E-state index contributed by atoms with van der Waals surface area (Å²) < 4.78 is 0. The van der Waals surface area contributed by atoms with Gasteiger partial charge in [-0.3, -0.25) is 0 Å². The van der Waals surface area contributed by atoms with Gasteiger partial charge in [-0.15, -0.1) is 12.4 Å². The number of hydrogen-bond acceptors (Lipinski definition) is 1. The van der Waals surface area contributed by atoms with Gasteiger partial charge in [0.1, 0.15) is 0 Å². The normalized spacial score (nSPS) is 10.2. The molecule has 2 heteroatoms. The zero-order valence-electron chi connectivity index (χ0n) is 11.1. The maximum atomic E-state index is 4.77. The summed E-state index contributed by atoms with van der Waals surface area (Å²) in [5.74, 6) is 0. The van der Waals surface area contributed by atoms with E-state index < -0.39 is 0 Å². The number of aromatic nitrogens is 1. The summed E-state index contributed by atoms with van der Waals surface area (Å²) in [5, 5.41) is 1.23. The Kier molecular flexibility index (Phi) is 3.87. The quantitative estimate of drug-likeness (QED) is 0.610. The number of fused-ring (bicyclic) bond motifs is 1. The lowest BCUT2D eigenvalue weighted by molar-refractivity contribution is 1.34. The number of nitrogens with zero attached hydrogens (tertiary/aromatic N) is 1. The Balaban J connectivity index is 0.00000133. The zero-order chi connectivity index (χ0) is 12.5. The molecule has 3 aromatic rings. The van der Waals surface area contributed by atoms with E-state index in [9.17, 15) is 0 Å². The van der Waals surface area contributed by atoms with E-state index in [2.05, 4.69) is 62.4 Å². The Bertz CT molecular complexity index is 719. The molecule has 0 spiro atoms. The van der Waals surface area contributed by atoms with Gasteiger partial charge in [-0.2, -0.15) is 0 Å². The Hall–Kier alpha value is -1.86. The maximum absolute atomic E-state index is 4.77. The molecule has 0 aliphatic rings. The minimum atomic E-state index is 0. The van der Waals surface area contributed by atoms with Gasteiger partial charge in [0.15, 0.2) is 0 Å². The second-order valence-electron chi connectivity index (χ2n) is 4.66. The molecular formula is C17H16ClN. The molecule has 0 N–H and O–H groups in total. The topological polar surface area (TPSA) is 12.9 Å². The summed E-state index contributed by atoms with van der Waals surface area (Å²) in [4.78, 5) is 4.77. The van der Waals surface area contributed by atoms with E-state index in [4.69, 9.17) is 4.98 Å². The molecule has 96 valence electrons. The van der Waals surface area contributed by atoms with E-state index in [1.807, 2.05) is 6.07 Å². The lowest BCUT2D eigenvalue weighted by Gasteiger charge is -2.08. The van der Waals surface area contributed by atoms with E-state index in [0.29, 0.717) is 0 Å². The zero-order valence-corrected chi connectivity index (χ0v) is 11.9. The molecule has 0 saturated carbocycles. The highest BCUT2D eigenvalue weighted by molar-refractivity contribution is 5.85. The average molecular weight is 270 g/mol. The van der Waals surface area contributed by atoms with Crippen LogP contribution in [0.15, 0.2) is 54.6 Å². The van der Waals surface area contributed by atoms with Crippen LogP contribution in [-0.2, 0) is 0 Å². The van der Waals surface area contributed by atoms with Crippen molar-refractivity contribution in [2.75, 3.05) is 0 Å². The molecule has 0 aliphatic carbocycles. The van der Waals surface area contributed by atoms with Gasteiger partial charge >= 0.3 is 0 Å². The minimum Gasteiger partial charge on any atom is -0.248 e. The molecule has 0 amide bonds. The first-order valence-electron chi connectivity index (χ1n) is 6.18. The average Bonchev–Trinajstić information content (AvgIpc) is 2.39. The molecule has 0 unspecified atom stereocenters. The number of pyridine rings is 1. The van der Waals surface area contributed by atoms with Crippen molar-refractivity contribution in [2.24, 2.45) is 0 Å². The van der Waals surface area contributed by atoms with Gasteiger partial charge in [-0.05, 0) is 37.1 Å². The molecule has 1 aromatic heterocycles. The Labute approximate surface area is 119 Å². The van der Waals surface area contributed by atoms with Crippen molar-refractivity contribution in [3.63, 3.8) is 0 Å². The summed E-state index contributed by atoms with van der Waals surface area (Å²) >= 11 is 0. The molecule has 1 nitrogen and oxygen atoms in total. The standard InChI is InChI=1S/C17H15N.ClH/c1-12-7-3-4-8-14(12)17-11-13(2)15-9-5-6-10-16(15)18-17;/h3-11H,1-2H3;1H. The first-order chi connectivity index (χ1) is 8.75. The van der Waals surface area contributed by atoms with Crippen molar-refractivity contribution >= 4 is 23.3 Å². The van der Waals surface area contributed by atoms with Crippen LogP contribution in [0, 0.1) is 13.8 Å². The highest BCUT2D eigenvalue weighted by atomic mass is 35.5. The number of para-hydroxylation sites is 1. The molecule has 0 saturated heterocycles. The van der Waals surface area contributed by atoms with Gasteiger partial charge in [0.2, 0.25) is 0 Å². The van der Waals surface area contributed by atoms with Crippen LogP contribution in [0.1, 0.15) is 11.1 Å². The van der Waals surface area contributed by atoms with Crippen molar-refractivity contribution < 1.29 is 0 Å². The number of benzene rings is 2. The van der Waals surface area contributed by atoms with Crippen molar-refractivity contribution in [2.45, 2.75) is 13.8 Å². The van der Waals surface area contributed by atoms with Gasteiger partial charge < -0.3 is 0 Å². The molecule has 0 fully saturated rings. The fourth-order valence-electron chi connectivity index (χ4n) is 2.35. The highest BCUT2D eigenvalue weighted by Gasteiger charge is 2.06. The Morgan fingerprint density at radius 1 is 0.789 bits per heavy atom. The van der Waals surface area contributed by atoms with Crippen molar-refractivity contribution in [1.29, 1.82) is 0 Å². The summed E-state index contributed by atoms with van der Waals surface area (Å²) in [6.45, 7) is 4.27. The fourth-order valence-corrected chi connectivity index (χ4v) is 2.35.